The van der Waals surface area contributed by atoms with Crippen molar-refractivity contribution in [2.24, 2.45) is 0 Å². The molecule has 0 spiro atoms. The molecule has 0 radical (unpaired) electrons. The van der Waals surface area contributed by atoms with Gasteiger partial charge in [0, 0.05) is 19.2 Å². The van der Waals surface area contributed by atoms with Crippen LogP contribution in [0.5, 0.6) is 0 Å². The predicted molar refractivity (Wildman–Crippen MR) is 72.3 cm³/mol. The van der Waals surface area contributed by atoms with Gasteiger partial charge in [0.15, 0.2) is 0 Å². The molecule has 5 nitrogen and oxygen atoms in total. The summed E-state index contributed by atoms with van der Waals surface area (Å²) in [6.07, 6.45) is 4.99. The molecular weight excluding hydrogens is 268 g/mol. The second kappa shape index (κ2) is 8.48. The molecule has 1 amide bonds. The smallest absolute Gasteiger partial charge is 0.303 e. The molecule has 19 heavy (non-hydrogen) atoms. The highest BCUT2D eigenvalue weighted by Gasteiger charge is 2.09. The van der Waals surface area contributed by atoms with Crippen molar-refractivity contribution in [3.8, 4) is 0 Å². The van der Waals surface area contributed by atoms with Crippen LogP contribution in [0.3, 0.4) is 0 Å². The van der Waals surface area contributed by atoms with Crippen molar-refractivity contribution < 1.29 is 14.7 Å². The number of nitrogens with zero attached hydrogens (tertiary/aromatic N) is 1. The quantitative estimate of drug-likeness (QED) is 0.568. The minimum atomic E-state index is -0.764. The van der Waals surface area contributed by atoms with Gasteiger partial charge in [-0.15, -0.1) is 0 Å². The molecule has 0 aliphatic rings. The molecule has 1 aromatic heterocycles. The number of hydrogen-bond acceptors (Lipinski definition) is 3. The molecule has 0 saturated carbocycles. The van der Waals surface area contributed by atoms with Crippen LogP contribution in [0.4, 0.5) is 0 Å². The molecule has 0 fully saturated rings. The molecule has 104 valence electrons. The fraction of sp³-hybridized carbons (Fsp3) is 0.462. The van der Waals surface area contributed by atoms with Crippen molar-refractivity contribution in [3.63, 3.8) is 0 Å². The molecule has 0 aliphatic carbocycles. The number of halogens is 1. The van der Waals surface area contributed by atoms with E-state index >= 15 is 0 Å². The minimum absolute atomic E-state index is 0.196. The number of aliphatic carboxylic acids is 1. The summed E-state index contributed by atoms with van der Waals surface area (Å²) >= 11 is 5.80. The Kier molecular flexibility index (Phi) is 6.89. The summed E-state index contributed by atoms with van der Waals surface area (Å²) in [4.78, 5) is 25.9. The molecule has 1 heterocycles. The fourth-order valence-electron chi connectivity index (χ4n) is 1.61. The minimum Gasteiger partial charge on any atom is -0.481 e. The van der Waals surface area contributed by atoms with Crippen molar-refractivity contribution in [2.45, 2.75) is 32.1 Å². The van der Waals surface area contributed by atoms with Crippen LogP contribution in [0.15, 0.2) is 18.3 Å². The highest BCUT2D eigenvalue weighted by molar-refractivity contribution is 6.32. The zero-order valence-electron chi connectivity index (χ0n) is 10.6. The molecule has 0 bridgehead atoms. The molecule has 0 atom stereocenters. The van der Waals surface area contributed by atoms with E-state index in [4.69, 9.17) is 16.7 Å². The largest absolute Gasteiger partial charge is 0.481 e. The van der Waals surface area contributed by atoms with Crippen LogP contribution in [0.2, 0.25) is 5.15 Å². The maximum absolute atomic E-state index is 11.7. The Morgan fingerprint density at radius 1 is 1.26 bits per heavy atom. The number of hydrogen-bond donors (Lipinski definition) is 2. The lowest BCUT2D eigenvalue weighted by atomic mass is 10.1. The Hall–Kier alpha value is -1.62. The predicted octanol–water partition coefficient (Wildman–Crippen LogP) is 2.50. The van der Waals surface area contributed by atoms with E-state index in [2.05, 4.69) is 10.3 Å². The Labute approximate surface area is 117 Å². The first kappa shape index (κ1) is 15.4. The average Bonchev–Trinajstić information content (AvgIpc) is 2.37. The lowest BCUT2D eigenvalue weighted by Gasteiger charge is -2.05. The second-order valence-electron chi connectivity index (χ2n) is 4.16. The molecule has 2 N–H and O–H groups in total. The zero-order valence-corrected chi connectivity index (χ0v) is 11.3. The lowest BCUT2D eigenvalue weighted by molar-refractivity contribution is -0.137. The Morgan fingerprint density at radius 2 is 2.00 bits per heavy atom. The SMILES string of the molecule is O=C(O)CCCCCCNC(=O)c1cccnc1Cl. The van der Waals surface area contributed by atoms with Crippen LogP contribution in [0.25, 0.3) is 0 Å². The van der Waals surface area contributed by atoms with E-state index in [9.17, 15) is 9.59 Å². The first-order valence-corrected chi connectivity index (χ1v) is 6.59. The average molecular weight is 285 g/mol. The number of amides is 1. The summed E-state index contributed by atoms with van der Waals surface area (Å²) < 4.78 is 0. The fourth-order valence-corrected chi connectivity index (χ4v) is 1.81. The maximum atomic E-state index is 11.7. The van der Waals surface area contributed by atoms with Gasteiger partial charge in [-0.3, -0.25) is 9.59 Å². The van der Waals surface area contributed by atoms with Crippen molar-refractivity contribution in [2.75, 3.05) is 6.54 Å². The number of pyridine rings is 1. The van der Waals surface area contributed by atoms with Crippen LogP contribution in [-0.2, 0) is 4.79 Å². The lowest BCUT2D eigenvalue weighted by Crippen LogP contribution is -2.24. The van der Waals surface area contributed by atoms with Crippen LogP contribution < -0.4 is 5.32 Å². The van der Waals surface area contributed by atoms with Crippen LogP contribution >= 0.6 is 11.6 Å². The van der Waals surface area contributed by atoms with Gasteiger partial charge in [0.25, 0.3) is 5.91 Å². The highest BCUT2D eigenvalue weighted by atomic mass is 35.5. The zero-order chi connectivity index (χ0) is 14.1. The van der Waals surface area contributed by atoms with Crippen molar-refractivity contribution >= 4 is 23.5 Å². The van der Waals surface area contributed by atoms with Gasteiger partial charge in [0.05, 0.1) is 5.56 Å². The van der Waals surface area contributed by atoms with E-state index in [0.717, 1.165) is 19.3 Å². The molecular formula is C13H17ClN2O3. The third kappa shape index (κ3) is 6.20. The number of aromatic nitrogens is 1. The summed E-state index contributed by atoms with van der Waals surface area (Å²) in [6, 6.07) is 3.28. The van der Waals surface area contributed by atoms with E-state index in [-0.39, 0.29) is 17.5 Å². The van der Waals surface area contributed by atoms with Gasteiger partial charge in [0.2, 0.25) is 0 Å². The third-order valence-corrected chi connectivity index (χ3v) is 2.91. The number of unbranched alkanes of at least 4 members (excludes halogenated alkanes) is 3. The van der Waals surface area contributed by atoms with Crippen LogP contribution in [0.1, 0.15) is 42.5 Å². The number of nitrogens with one attached hydrogen (secondary N) is 1. The van der Waals surface area contributed by atoms with Crippen LogP contribution in [-0.4, -0.2) is 28.5 Å². The van der Waals surface area contributed by atoms with Gasteiger partial charge in [-0.05, 0) is 25.0 Å². The number of carbonyl (C=O) groups is 2. The highest BCUT2D eigenvalue weighted by Crippen LogP contribution is 2.11. The van der Waals surface area contributed by atoms with Crippen molar-refractivity contribution in [1.82, 2.24) is 10.3 Å². The topological polar surface area (TPSA) is 79.3 Å². The number of carboxylic acids is 1. The normalized spacial score (nSPS) is 10.2. The first-order valence-electron chi connectivity index (χ1n) is 6.22. The Balaban J connectivity index is 2.15. The van der Waals surface area contributed by atoms with Gasteiger partial charge in [-0.2, -0.15) is 0 Å². The number of carboxylic acid groups (broad SMARTS) is 1. The molecule has 0 unspecified atom stereocenters. The van der Waals surface area contributed by atoms with Gasteiger partial charge in [-0.25, -0.2) is 4.98 Å². The standard InChI is InChI=1S/C13H17ClN2O3/c14-12-10(6-5-9-15-12)13(19)16-8-4-2-1-3-7-11(17)18/h5-6,9H,1-4,7-8H2,(H,16,19)(H,17,18). The van der Waals surface area contributed by atoms with E-state index in [1.54, 1.807) is 12.1 Å². The van der Waals surface area contributed by atoms with Gasteiger partial charge < -0.3 is 10.4 Å². The molecule has 1 aromatic rings. The van der Waals surface area contributed by atoms with Gasteiger partial charge in [0.1, 0.15) is 5.15 Å². The van der Waals surface area contributed by atoms with Crippen molar-refractivity contribution in [3.05, 3.63) is 29.0 Å². The van der Waals surface area contributed by atoms with E-state index < -0.39 is 5.97 Å². The molecule has 0 aromatic carbocycles. The third-order valence-electron chi connectivity index (χ3n) is 2.61. The summed E-state index contributed by atoms with van der Waals surface area (Å²) in [5, 5.41) is 11.4. The van der Waals surface area contributed by atoms with Gasteiger partial charge in [-0.1, -0.05) is 24.4 Å². The number of rotatable bonds is 8. The summed E-state index contributed by atoms with van der Waals surface area (Å²) in [5.74, 6) is -0.997. The van der Waals surface area contributed by atoms with Crippen LogP contribution in [0, 0.1) is 0 Å². The van der Waals surface area contributed by atoms with Gasteiger partial charge >= 0.3 is 5.97 Å². The maximum Gasteiger partial charge on any atom is 0.303 e. The monoisotopic (exact) mass is 284 g/mol. The molecule has 0 aliphatic heterocycles. The number of carbonyl (C=O) groups excluding carboxylic acids is 1. The first-order chi connectivity index (χ1) is 9.11. The van der Waals surface area contributed by atoms with E-state index in [1.165, 1.54) is 6.20 Å². The molecule has 1 rings (SSSR count). The summed E-state index contributed by atoms with van der Waals surface area (Å²) in [5.41, 5.74) is 0.370. The molecule has 6 heteroatoms. The van der Waals surface area contributed by atoms with Crippen molar-refractivity contribution in [1.29, 1.82) is 0 Å². The second-order valence-corrected chi connectivity index (χ2v) is 4.51. The Morgan fingerprint density at radius 3 is 2.68 bits per heavy atom. The molecule has 0 saturated heterocycles. The summed E-state index contributed by atoms with van der Waals surface area (Å²) in [7, 11) is 0. The van der Waals surface area contributed by atoms with E-state index in [0.29, 0.717) is 18.5 Å². The van der Waals surface area contributed by atoms with E-state index in [1.807, 2.05) is 0 Å². The summed E-state index contributed by atoms with van der Waals surface area (Å²) in [6.45, 7) is 0.553. The Bertz CT molecular complexity index is 438.